The minimum atomic E-state index is -0.204. The van der Waals surface area contributed by atoms with Crippen molar-refractivity contribution in [2.45, 2.75) is 45.7 Å². The lowest BCUT2D eigenvalue weighted by Gasteiger charge is -2.21. The number of carbonyl (C=O) groups is 1. The number of fused-ring (bicyclic) bond motifs is 1. The van der Waals surface area contributed by atoms with Crippen molar-refractivity contribution < 1.29 is 4.79 Å². The molecule has 1 aliphatic rings. The Bertz CT molecular complexity index is 471. The third-order valence-electron chi connectivity index (χ3n) is 4.25. The summed E-state index contributed by atoms with van der Waals surface area (Å²) in [4.78, 5) is 14.5. The molecule has 0 aliphatic carbocycles. The first kappa shape index (κ1) is 16.0. The molecular weight excluding hydrogens is 262 g/mol. The van der Waals surface area contributed by atoms with E-state index >= 15 is 0 Å². The van der Waals surface area contributed by atoms with Crippen LogP contribution in [0.3, 0.4) is 0 Å². The van der Waals surface area contributed by atoms with Gasteiger partial charge < -0.3 is 10.2 Å². The summed E-state index contributed by atoms with van der Waals surface area (Å²) in [5, 5.41) is 6.40. The van der Waals surface area contributed by atoms with Crippen LogP contribution in [0.1, 0.15) is 45.2 Å². The molecule has 0 saturated heterocycles. The molecule has 116 valence electrons. The van der Waals surface area contributed by atoms with E-state index in [1.807, 2.05) is 24.3 Å². The smallest absolute Gasteiger partial charge is 0.246 e. The van der Waals surface area contributed by atoms with Crippen LogP contribution in [0.25, 0.3) is 0 Å². The van der Waals surface area contributed by atoms with Gasteiger partial charge in [-0.05, 0) is 45.5 Å². The second-order valence-corrected chi connectivity index (χ2v) is 5.75. The highest BCUT2D eigenvalue weighted by atomic mass is 16.2. The molecule has 0 fully saturated rings. The topological polar surface area (TPSA) is 44.4 Å². The van der Waals surface area contributed by atoms with Crippen molar-refractivity contribution in [1.82, 2.24) is 10.2 Å². The number of hydrogen-bond acceptors (Lipinski definition) is 3. The fourth-order valence-electron chi connectivity index (χ4n) is 2.90. The largest absolute Gasteiger partial charge is 0.324 e. The van der Waals surface area contributed by atoms with Gasteiger partial charge in [0.25, 0.3) is 0 Å². The molecule has 1 aliphatic heterocycles. The van der Waals surface area contributed by atoms with Crippen LogP contribution in [0, 0.1) is 0 Å². The Morgan fingerprint density at radius 1 is 1.29 bits per heavy atom. The molecule has 2 atom stereocenters. The van der Waals surface area contributed by atoms with E-state index in [2.05, 4.69) is 36.3 Å². The van der Waals surface area contributed by atoms with Crippen LogP contribution in [0.4, 0.5) is 5.69 Å². The number of amides is 1. The lowest BCUT2D eigenvalue weighted by molar-refractivity contribution is -0.117. The second-order valence-electron chi connectivity index (χ2n) is 5.75. The molecule has 2 unspecified atom stereocenters. The second kappa shape index (κ2) is 7.57. The van der Waals surface area contributed by atoms with Crippen molar-refractivity contribution >= 4 is 11.6 Å². The van der Waals surface area contributed by atoms with E-state index in [1.165, 1.54) is 0 Å². The Morgan fingerprint density at radius 2 is 2.00 bits per heavy atom. The standard InChI is InChI=1S/C17H27N3O/c1-4-20(5-2)12-8-9-13(3)18-16-14-10-6-7-11-15(14)19-17(16)21/h6-7,10-11,13,16,18H,4-5,8-9,12H2,1-3H3,(H,19,21). The van der Waals surface area contributed by atoms with E-state index in [0.717, 1.165) is 43.7 Å². The summed E-state index contributed by atoms with van der Waals surface area (Å²) in [6.07, 6.45) is 2.24. The summed E-state index contributed by atoms with van der Waals surface area (Å²) >= 11 is 0. The summed E-state index contributed by atoms with van der Waals surface area (Å²) in [6, 6.07) is 8.05. The van der Waals surface area contributed by atoms with Gasteiger partial charge in [0.05, 0.1) is 0 Å². The average Bonchev–Trinajstić information content (AvgIpc) is 2.80. The highest BCUT2D eigenvalue weighted by Gasteiger charge is 2.30. The number of benzene rings is 1. The zero-order valence-corrected chi connectivity index (χ0v) is 13.4. The molecule has 4 nitrogen and oxygen atoms in total. The van der Waals surface area contributed by atoms with Gasteiger partial charge in [0.1, 0.15) is 6.04 Å². The van der Waals surface area contributed by atoms with Gasteiger partial charge in [0.2, 0.25) is 5.91 Å². The molecule has 0 radical (unpaired) electrons. The SMILES string of the molecule is CCN(CC)CCCC(C)NC1C(=O)Nc2ccccc21. The first-order valence-corrected chi connectivity index (χ1v) is 8.03. The fraction of sp³-hybridized carbons (Fsp3) is 0.588. The molecule has 0 aromatic heterocycles. The van der Waals surface area contributed by atoms with Crippen LogP contribution < -0.4 is 10.6 Å². The molecule has 0 spiro atoms. The van der Waals surface area contributed by atoms with E-state index < -0.39 is 0 Å². The summed E-state index contributed by atoms with van der Waals surface area (Å²) in [5.41, 5.74) is 2.01. The maximum atomic E-state index is 12.1. The molecule has 0 saturated carbocycles. The normalized spacial score (nSPS) is 18.7. The van der Waals surface area contributed by atoms with Gasteiger partial charge in [-0.3, -0.25) is 10.1 Å². The van der Waals surface area contributed by atoms with Crippen molar-refractivity contribution in [2.24, 2.45) is 0 Å². The maximum absolute atomic E-state index is 12.1. The van der Waals surface area contributed by atoms with Gasteiger partial charge in [-0.1, -0.05) is 32.0 Å². The van der Waals surface area contributed by atoms with Gasteiger partial charge in [-0.15, -0.1) is 0 Å². The Labute approximate surface area is 127 Å². The number of nitrogens with zero attached hydrogens (tertiary/aromatic N) is 1. The fourth-order valence-corrected chi connectivity index (χ4v) is 2.90. The Morgan fingerprint density at radius 3 is 2.71 bits per heavy atom. The number of nitrogens with one attached hydrogen (secondary N) is 2. The molecule has 1 amide bonds. The predicted molar refractivity (Wildman–Crippen MR) is 87.4 cm³/mol. The molecule has 2 N–H and O–H groups in total. The lowest BCUT2D eigenvalue weighted by Crippen LogP contribution is -2.35. The van der Waals surface area contributed by atoms with Crippen LogP contribution in [-0.2, 0) is 4.79 Å². The Kier molecular flexibility index (Phi) is 5.76. The van der Waals surface area contributed by atoms with Crippen LogP contribution in [0.5, 0.6) is 0 Å². The number of rotatable bonds is 8. The third kappa shape index (κ3) is 4.05. The Hall–Kier alpha value is -1.39. The molecule has 2 rings (SSSR count). The van der Waals surface area contributed by atoms with Gasteiger partial charge in [0.15, 0.2) is 0 Å². The first-order chi connectivity index (χ1) is 10.2. The van der Waals surface area contributed by atoms with Crippen molar-refractivity contribution in [3.8, 4) is 0 Å². The van der Waals surface area contributed by atoms with Crippen LogP contribution >= 0.6 is 0 Å². The predicted octanol–water partition coefficient (Wildman–Crippen LogP) is 2.78. The monoisotopic (exact) mass is 289 g/mol. The number of carbonyl (C=O) groups excluding carboxylic acids is 1. The van der Waals surface area contributed by atoms with Gasteiger partial charge in [-0.2, -0.15) is 0 Å². The minimum absolute atomic E-state index is 0.0618. The summed E-state index contributed by atoms with van der Waals surface area (Å²) in [5.74, 6) is 0.0618. The van der Waals surface area contributed by atoms with Crippen molar-refractivity contribution in [3.63, 3.8) is 0 Å². The zero-order chi connectivity index (χ0) is 15.2. The van der Waals surface area contributed by atoms with Crippen molar-refractivity contribution in [1.29, 1.82) is 0 Å². The van der Waals surface area contributed by atoms with E-state index in [9.17, 15) is 4.79 Å². The maximum Gasteiger partial charge on any atom is 0.246 e. The highest BCUT2D eigenvalue weighted by molar-refractivity contribution is 6.02. The van der Waals surface area contributed by atoms with Gasteiger partial charge >= 0.3 is 0 Å². The van der Waals surface area contributed by atoms with Crippen LogP contribution in [-0.4, -0.2) is 36.5 Å². The molecule has 1 aromatic rings. The summed E-state index contributed by atoms with van der Waals surface area (Å²) in [6.45, 7) is 9.91. The zero-order valence-electron chi connectivity index (χ0n) is 13.4. The van der Waals surface area contributed by atoms with Crippen LogP contribution in [0.2, 0.25) is 0 Å². The molecule has 0 bridgehead atoms. The number of para-hydroxylation sites is 1. The molecule has 1 heterocycles. The highest BCUT2D eigenvalue weighted by Crippen LogP contribution is 2.30. The Balaban J connectivity index is 1.83. The molecule has 1 aromatic carbocycles. The lowest BCUT2D eigenvalue weighted by atomic mass is 10.1. The summed E-state index contributed by atoms with van der Waals surface area (Å²) < 4.78 is 0. The number of anilines is 1. The average molecular weight is 289 g/mol. The van der Waals surface area contributed by atoms with E-state index in [-0.39, 0.29) is 11.9 Å². The molecule has 21 heavy (non-hydrogen) atoms. The van der Waals surface area contributed by atoms with Crippen molar-refractivity contribution in [2.75, 3.05) is 25.0 Å². The number of hydrogen-bond donors (Lipinski definition) is 2. The molecular formula is C17H27N3O. The quantitative estimate of drug-likeness (QED) is 0.773. The first-order valence-electron chi connectivity index (χ1n) is 8.03. The van der Waals surface area contributed by atoms with Crippen LogP contribution in [0.15, 0.2) is 24.3 Å². The van der Waals surface area contributed by atoms with Gasteiger partial charge in [-0.25, -0.2) is 0 Å². The van der Waals surface area contributed by atoms with E-state index in [4.69, 9.17) is 0 Å². The van der Waals surface area contributed by atoms with Gasteiger partial charge in [0, 0.05) is 17.3 Å². The summed E-state index contributed by atoms with van der Waals surface area (Å²) in [7, 11) is 0. The third-order valence-corrected chi connectivity index (χ3v) is 4.25. The van der Waals surface area contributed by atoms with E-state index in [0.29, 0.717) is 6.04 Å². The minimum Gasteiger partial charge on any atom is -0.324 e. The molecule has 4 heteroatoms. The van der Waals surface area contributed by atoms with Crippen molar-refractivity contribution in [3.05, 3.63) is 29.8 Å². The van der Waals surface area contributed by atoms with E-state index in [1.54, 1.807) is 0 Å².